The SMILES string of the molecule is CC(C)C[C@H](NC(=O)[C@H](Cc1ccccc1)NC(=O)[C@H](CC(=O)O)NC(=O)[C@H](CCC(N)=O)NC(=O)CN)C(=O)N[C@@H](C)C(=O)NCC(=O)N1CCC[C@H]1C(=O)N[C@@H](CCCCN)C(=O)O. The molecule has 1 aromatic rings. The van der Waals surface area contributed by atoms with E-state index in [-0.39, 0.29) is 51.0 Å². The van der Waals surface area contributed by atoms with Crippen LogP contribution >= 0.6 is 0 Å². The van der Waals surface area contributed by atoms with Crippen molar-refractivity contribution in [3.8, 4) is 0 Å². The predicted octanol–water partition coefficient (Wildman–Crippen LogP) is -3.78. The number of nitrogens with zero attached hydrogens (tertiary/aromatic N) is 1. The van der Waals surface area contributed by atoms with E-state index < -0.39 is 127 Å². The van der Waals surface area contributed by atoms with E-state index in [1.54, 1.807) is 44.2 Å². The second-order valence-corrected chi connectivity index (χ2v) is 16.3. The van der Waals surface area contributed by atoms with Gasteiger partial charge in [-0.25, -0.2) is 4.79 Å². The fourth-order valence-corrected chi connectivity index (χ4v) is 6.92. The Hall–Kier alpha value is -6.69. The summed E-state index contributed by atoms with van der Waals surface area (Å²) < 4.78 is 0. The van der Waals surface area contributed by atoms with Gasteiger partial charge < -0.3 is 69.5 Å². The molecule has 1 saturated heterocycles. The Bertz CT molecular complexity index is 1880. The molecule has 7 atom stereocenters. The Balaban J connectivity index is 2.20. The van der Waals surface area contributed by atoms with Crippen molar-refractivity contribution < 1.29 is 63.0 Å². The number of rotatable bonds is 29. The number of aliphatic carboxylic acids is 2. The van der Waals surface area contributed by atoms with Gasteiger partial charge in [-0.1, -0.05) is 44.2 Å². The summed E-state index contributed by atoms with van der Waals surface area (Å²) in [5.74, 6) is -10.4. The van der Waals surface area contributed by atoms with E-state index in [1.807, 2.05) is 0 Å². The Labute approximate surface area is 382 Å². The van der Waals surface area contributed by atoms with E-state index in [2.05, 4.69) is 37.2 Å². The van der Waals surface area contributed by atoms with Crippen LogP contribution in [0.1, 0.15) is 84.1 Å². The third-order valence-electron chi connectivity index (χ3n) is 10.4. The average Bonchev–Trinajstić information content (AvgIpc) is 3.76. The van der Waals surface area contributed by atoms with Gasteiger partial charge in [-0.2, -0.15) is 0 Å². The highest BCUT2D eigenvalue weighted by Gasteiger charge is 2.37. The maximum atomic E-state index is 14.0. The van der Waals surface area contributed by atoms with Gasteiger partial charge in [0.25, 0.3) is 0 Å². The number of hydrogen-bond donors (Lipinski definition) is 12. The number of likely N-dealkylation sites (tertiary alicyclic amines) is 1. The monoisotopic (exact) mass is 931 g/mol. The molecule has 0 spiro atoms. The molecule has 1 heterocycles. The summed E-state index contributed by atoms with van der Waals surface area (Å²) in [6, 6.07) is -1.03. The number of nitrogens with one attached hydrogen (secondary N) is 7. The first-order chi connectivity index (χ1) is 31.2. The van der Waals surface area contributed by atoms with Crippen molar-refractivity contribution in [2.75, 3.05) is 26.2 Å². The largest absolute Gasteiger partial charge is 0.481 e. The Morgan fingerprint density at radius 2 is 1.32 bits per heavy atom. The molecule has 0 saturated carbocycles. The van der Waals surface area contributed by atoms with Crippen LogP contribution in [0.3, 0.4) is 0 Å². The molecule has 0 radical (unpaired) electrons. The van der Waals surface area contributed by atoms with Gasteiger partial charge in [-0.05, 0) is 69.9 Å². The van der Waals surface area contributed by atoms with Gasteiger partial charge in [0.15, 0.2) is 0 Å². The first-order valence-electron chi connectivity index (χ1n) is 21.7. The van der Waals surface area contributed by atoms with Crippen LogP contribution in [0.15, 0.2) is 30.3 Å². The first kappa shape index (κ1) is 55.4. The van der Waals surface area contributed by atoms with E-state index in [4.69, 9.17) is 17.2 Å². The molecule has 15 N–H and O–H groups in total. The number of amides is 9. The van der Waals surface area contributed by atoms with Gasteiger partial charge in [-0.3, -0.25) is 47.9 Å². The number of primary amides is 1. The van der Waals surface area contributed by atoms with Crippen LogP contribution in [-0.4, -0.2) is 149 Å². The summed E-state index contributed by atoms with van der Waals surface area (Å²) in [6.07, 6.45) is 0.190. The van der Waals surface area contributed by atoms with Crippen LogP contribution in [0.4, 0.5) is 0 Å². The highest BCUT2D eigenvalue weighted by Crippen LogP contribution is 2.18. The van der Waals surface area contributed by atoms with Crippen LogP contribution in [0.2, 0.25) is 0 Å². The molecule has 1 fully saturated rings. The van der Waals surface area contributed by atoms with Crippen molar-refractivity contribution in [1.29, 1.82) is 0 Å². The quantitative estimate of drug-likeness (QED) is 0.0343. The third-order valence-corrected chi connectivity index (χ3v) is 10.4. The van der Waals surface area contributed by atoms with Gasteiger partial charge in [0.2, 0.25) is 53.2 Å². The molecule has 0 aliphatic carbocycles. The Morgan fingerprint density at radius 1 is 0.712 bits per heavy atom. The maximum Gasteiger partial charge on any atom is 0.326 e. The number of benzene rings is 1. The van der Waals surface area contributed by atoms with Gasteiger partial charge in [0.1, 0.15) is 42.3 Å². The van der Waals surface area contributed by atoms with E-state index in [9.17, 15) is 63.0 Å². The van der Waals surface area contributed by atoms with Crippen molar-refractivity contribution in [3.63, 3.8) is 0 Å². The Kier molecular flexibility index (Phi) is 23.7. The number of nitrogens with two attached hydrogens (primary N) is 3. The molecule has 9 amide bonds. The lowest BCUT2D eigenvalue weighted by Crippen LogP contribution is -2.60. The van der Waals surface area contributed by atoms with Crippen LogP contribution in [0.25, 0.3) is 0 Å². The molecule has 366 valence electrons. The molecule has 2 rings (SSSR count). The van der Waals surface area contributed by atoms with E-state index in [0.717, 1.165) is 0 Å². The second-order valence-electron chi connectivity index (χ2n) is 16.3. The zero-order chi connectivity index (χ0) is 49.5. The van der Waals surface area contributed by atoms with Crippen molar-refractivity contribution in [3.05, 3.63) is 35.9 Å². The summed E-state index contributed by atoms with van der Waals surface area (Å²) in [6.45, 7) is 4.34. The molecular formula is C42H65N11O13. The molecule has 1 aliphatic rings. The molecule has 0 unspecified atom stereocenters. The fraction of sp³-hybridized carbons (Fsp3) is 0.595. The zero-order valence-corrected chi connectivity index (χ0v) is 37.5. The van der Waals surface area contributed by atoms with Gasteiger partial charge in [-0.15, -0.1) is 0 Å². The lowest BCUT2D eigenvalue weighted by Gasteiger charge is -2.27. The summed E-state index contributed by atoms with van der Waals surface area (Å²) in [5, 5.41) is 36.2. The number of carbonyl (C=O) groups excluding carboxylic acids is 9. The number of carboxylic acid groups (broad SMARTS) is 2. The molecule has 0 bridgehead atoms. The van der Waals surface area contributed by atoms with Crippen molar-refractivity contribution in [1.82, 2.24) is 42.1 Å². The number of hydrogen-bond acceptors (Lipinski definition) is 13. The molecule has 1 aromatic carbocycles. The molecule has 24 heteroatoms. The predicted molar refractivity (Wildman–Crippen MR) is 235 cm³/mol. The van der Waals surface area contributed by atoms with Gasteiger partial charge >= 0.3 is 11.9 Å². The average molecular weight is 932 g/mol. The van der Waals surface area contributed by atoms with Crippen molar-refractivity contribution >= 4 is 65.1 Å². The fourth-order valence-electron chi connectivity index (χ4n) is 6.92. The van der Waals surface area contributed by atoms with Crippen LogP contribution in [0.5, 0.6) is 0 Å². The lowest BCUT2D eigenvalue weighted by atomic mass is 10.0. The molecule has 1 aliphatic heterocycles. The van der Waals surface area contributed by atoms with Crippen LogP contribution < -0.4 is 54.4 Å². The minimum atomic E-state index is -1.80. The number of carbonyl (C=O) groups is 11. The summed E-state index contributed by atoms with van der Waals surface area (Å²) in [7, 11) is 0. The van der Waals surface area contributed by atoms with Crippen LogP contribution in [0, 0.1) is 5.92 Å². The third kappa shape index (κ3) is 19.6. The molecule has 24 nitrogen and oxygen atoms in total. The summed E-state index contributed by atoms with van der Waals surface area (Å²) in [5.41, 5.74) is 16.6. The number of carboxylic acids is 2. The molecule has 0 aromatic heterocycles. The minimum Gasteiger partial charge on any atom is -0.481 e. The highest BCUT2D eigenvalue weighted by molar-refractivity contribution is 5.98. The lowest BCUT2D eigenvalue weighted by molar-refractivity contribution is -0.144. The topological polar surface area (TPSA) is 394 Å². The van der Waals surface area contributed by atoms with Gasteiger partial charge in [0, 0.05) is 19.4 Å². The van der Waals surface area contributed by atoms with E-state index in [0.29, 0.717) is 31.4 Å². The second kappa shape index (κ2) is 28.3. The van der Waals surface area contributed by atoms with E-state index >= 15 is 0 Å². The van der Waals surface area contributed by atoms with Gasteiger partial charge in [0.05, 0.1) is 19.5 Å². The van der Waals surface area contributed by atoms with E-state index in [1.165, 1.54) is 11.8 Å². The van der Waals surface area contributed by atoms with Crippen LogP contribution in [-0.2, 0) is 59.2 Å². The summed E-state index contributed by atoms with van der Waals surface area (Å²) in [4.78, 5) is 142. The Morgan fingerprint density at radius 3 is 1.91 bits per heavy atom. The van der Waals surface area contributed by atoms with Crippen molar-refractivity contribution in [2.45, 2.75) is 127 Å². The molecular weight excluding hydrogens is 867 g/mol. The zero-order valence-electron chi connectivity index (χ0n) is 37.5. The highest BCUT2D eigenvalue weighted by atomic mass is 16.4. The normalized spacial score (nSPS) is 16.0. The maximum absolute atomic E-state index is 14.0. The first-order valence-corrected chi connectivity index (χ1v) is 21.7. The smallest absolute Gasteiger partial charge is 0.326 e. The number of unbranched alkanes of at least 4 members (excludes halogenated alkanes) is 1. The summed E-state index contributed by atoms with van der Waals surface area (Å²) >= 11 is 0. The molecule has 66 heavy (non-hydrogen) atoms. The standard InChI is InChI=1S/C42H65N11O13/c1-23(2)18-28(38(61)47-24(3)36(59)46-22-34(56)53-17-9-13-31(53)41(64)49-27(42(65)66)12-7-8-16-43)50-39(62)29(19-25-10-5-4-6-11-25)51-40(63)30(20-35(57)58)52-37(60)26(14-15-32(45)54)48-33(55)21-44/h4-6,10-11,23-24,26-31H,7-9,12-22,43-44H2,1-3H3,(H2,45,54)(H,46,59)(H,47,61)(H,48,55)(H,49,64)(H,50,62)(H,51,63)(H,52,60)(H,57,58)(H,65,66)/t24-,26-,27-,28-,29-,30-,31-/m0/s1. The minimum absolute atomic E-state index is 0.0451. The van der Waals surface area contributed by atoms with Crippen molar-refractivity contribution in [2.24, 2.45) is 23.1 Å².